The number of nitrogens with two attached hydrogens (primary N) is 1. The highest BCUT2D eigenvalue weighted by atomic mass is 16.5. The second kappa shape index (κ2) is 4.40. The zero-order valence-electron chi connectivity index (χ0n) is 10.8. The van der Waals surface area contributed by atoms with E-state index in [1.54, 1.807) is 12.4 Å². The van der Waals surface area contributed by atoms with Crippen molar-refractivity contribution in [3.8, 4) is 0 Å². The number of benzene rings is 1. The smallest absolute Gasteiger partial charge is 0.173 e. The number of hydrogen-bond donors (Lipinski definition) is 1. The van der Waals surface area contributed by atoms with Gasteiger partial charge in [-0.25, -0.2) is 0 Å². The summed E-state index contributed by atoms with van der Waals surface area (Å²) in [4.78, 5) is 16.9. The third kappa shape index (κ3) is 1.84. The number of aromatic nitrogens is 1. The van der Waals surface area contributed by atoms with Crippen LogP contribution in [-0.4, -0.2) is 30.0 Å². The molecular formula is C15H16N2O2. The summed E-state index contributed by atoms with van der Waals surface area (Å²) in [6.07, 6.45) is 3.45. The summed E-state index contributed by atoms with van der Waals surface area (Å²) in [5.74, 6) is 0.0381. The quantitative estimate of drug-likeness (QED) is 0.832. The number of Topliss-reactive ketones (excluding diaryl/α,β-unsaturated/α-hetero) is 1. The van der Waals surface area contributed by atoms with Gasteiger partial charge in [0, 0.05) is 29.4 Å². The second-order valence-corrected chi connectivity index (χ2v) is 5.27. The zero-order chi connectivity index (χ0) is 13.5. The molecule has 0 radical (unpaired) electrons. The molecule has 1 aliphatic rings. The maximum atomic E-state index is 12.8. The number of carbonyl (C=O) groups excluding carboxylic acids is 1. The fraction of sp³-hybridized carbons (Fsp3) is 0.333. The van der Waals surface area contributed by atoms with Gasteiger partial charge < -0.3 is 10.5 Å². The van der Waals surface area contributed by atoms with Crippen LogP contribution in [0.25, 0.3) is 10.8 Å². The van der Waals surface area contributed by atoms with Crippen LogP contribution in [0.4, 0.5) is 0 Å². The predicted octanol–water partition coefficient (Wildman–Crippen LogP) is 1.78. The fourth-order valence-electron chi connectivity index (χ4n) is 2.54. The molecule has 0 amide bonds. The van der Waals surface area contributed by atoms with Crippen LogP contribution >= 0.6 is 0 Å². The summed E-state index contributed by atoms with van der Waals surface area (Å²) < 4.78 is 5.37. The molecule has 2 aromatic rings. The SMILES string of the molecule is CC1(C(=O)c2cccc3ccncc23)COCC1N. The minimum absolute atomic E-state index is 0.0381. The molecule has 2 atom stereocenters. The van der Waals surface area contributed by atoms with Gasteiger partial charge in [-0.1, -0.05) is 18.2 Å². The van der Waals surface area contributed by atoms with Crippen LogP contribution in [0.1, 0.15) is 17.3 Å². The van der Waals surface area contributed by atoms with Gasteiger partial charge in [-0.3, -0.25) is 9.78 Å². The van der Waals surface area contributed by atoms with E-state index in [9.17, 15) is 4.79 Å². The van der Waals surface area contributed by atoms with Gasteiger partial charge in [0.05, 0.1) is 18.6 Å². The van der Waals surface area contributed by atoms with Crippen molar-refractivity contribution in [2.45, 2.75) is 13.0 Å². The molecule has 1 aromatic heterocycles. The highest BCUT2D eigenvalue weighted by Gasteiger charge is 2.44. The first-order valence-corrected chi connectivity index (χ1v) is 6.34. The monoisotopic (exact) mass is 256 g/mol. The van der Waals surface area contributed by atoms with E-state index in [1.165, 1.54) is 0 Å². The first kappa shape index (κ1) is 12.3. The third-order valence-electron chi connectivity index (χ3n) is 3.96. The lowest BCUT2D eigenvalue weighted by Gasteiger charge is -2.25. The lowest BCUT2D eigenvalue weighted by Crippen LogP contribution is -2.44. The average molecular weight is 256 g/mol. The van der Waals surface area contributed by atoms with Gasteiger partial charge in [0.2, 0.25) is 0 Å². The van der Waals surface area contributed by atoms with Crippen molar-refractivity contribution < 1.29 is 9.53 Å². The number of fused-ring (bicyclic) bond motifs is 1. The summed E-state index contributed by atoms with van der Waals surface area (Å²) in [5.41, 5.74) is 6.06. The van der Waals surface area contributed by atoms with E-state index >= 15 is 0 Å². The molecule has 2 N–H and O–H groups in total. The minimum atomic E-state index is -0.649. The highest BCUT2D eigenvalue weighted by molar-refractivity contribution is 6.10. The highest BCUT2D eigenvalue weighted by Crippen LogP contribution is 2.33. The van der Waals surface area contributed by atoms with Crippen molar-refractivity contribution in [3.63, 3.8) is 0 Å². The number of pyridine rings is 1. The number of ether oxygens (including phenoxy) is 1. The Morgan fingerprint density at radius 3 is 3.05 bits per heavy atom. The van der Waals surface area contributed by atoms with E-state index in [2.05, 4.69) is 4.98 Å². The molecule has 2 unspecified atom stereocenters. The van der Waals surface area contributed by atoms with Gasteiger partial charge >= 0.3 is 0 Å². The van der Waals surface area contributed by atoms with Crippen molar-refractivity contribution in [1.29, 1.82) is 0 Å². The first-order valence-electron chi connectivity index (χ1n) is 6.34. The number of ketones is 1. The number of rotatable bonds is 2. The van der Waals surface area contributed by atoms with Crippen LogP contribution in [0.3, 0.4) is 0 Å². The maximum absolute atomic E-state index is 12.8. The van der Waals surface area contributed by atoms with E-state index in [-0.39, 0.29) is 11.8 Å². The average Bonchev–Trinajstić information content (AvgIpc) is 2.78. The Kier molecular flexibility index (Phi) is 2.84. The Balaban J connectivity index is 2.12. The number of nitrogens with zero attached hydrogens (tertiary/aromatic N) is 1. The molecule has 19 heavy (non-hydrogen) atoms. The van der Waals surface area contributed by atoms with Gasteiger partial charge in [-0.15, -0.1) is 0 Å². The lowest BCUT2D eigenvalue weighted by atomic mass is 9.78. The van der Waals surface area contributed by atoms with Crippen molar-refractivity contribution >= 4 is 16.6 Å². The van der Waals surface area contributed by atoms with E-state index in [0.29, 0.717) is 18.8 Å². The van der Waals surface area contributed by atoms with E-state index < -0.39 is 5.41 Å². The Hall–Kier alpha value is -1.78. The molecule has 0 bridgehead atoms. The summed E-state index contributed by atoms with van der Waals surface area (Å²) in [6, 6.07) is 7.34. The van der Waals surface area contributed by atoms with Gasteiger partial charge in [-0.05, 0) is 18.4 Å². The van der Waals surface area contributed by atoms with Crippen molar-refractivity contribution in [1.82, 2.24) is 4.98 Å². The van der Waals surface area contributed by atoms with Crippen LogP contribution in [0.15, 0.2) is 36.7 Å². The number of hydrogen-bond acceptors (Lipinski definition) is 4. The molecule has 4 nitrogen and oxygen atoms in total. The molecule has 4 heteroatoms. The molecule has 0 saturated carbocycles. The predicted molar refractivity (Wildman–Crippen MR) is 73.0 cm³/mol. The lowest BCUT2D eigenvalue weighted by molar-refractivity contribution is 0.0769. The topological polar surface area (TPSA) is 65.2 Å². The maximum Gasteiger partial charge on any atom is 0.173 e. The molecule has 2 heterocycles. The number of carbonyl (C=O) groups is 1. The molecular weight excluding hydrogens is 240 g/mol. The third-order valence-corrected chi connectivity index (χ3v) is 3.96. The standard InChI is InChI=1S/C15H16N2O2/c1-15(9-19-8-13(15)16)14(18)11-4-2-3-10-5-6-17-7-12(10)11/h2-7,13H,8-9,16H2,1H3. The molecule has 3 rings (SSSR count). The molecule has 1 aromatic carbocycles. The van der Waals surface area contributed by atoms with Crippen LogP contribution in [-0.2, 0) is 4.74 Å². The Labute approximate surface area is 111 Å². The summed E-state index contributed by atoms with van der Waals surface area (Å²) in [5, 5.41) is 1.88. The van der Waals surface area contributed by atoms with Crippen LogP contribution in [0.2, 0.25) is 0 Å². The van der Waals surface area contributed by atoms with Gasteiger partial charge in [0.15, 0.2) is 5.78 Å². The van der Waals surface area contributed by atoms with E-state index in [4.69, 9.17) is 10.5 Å². The van der Waals surface area contributed by atoms with Gasteiger partial charge in [-0.2, -0.15) is 0 Å². The molecule has 1 aliphatic heterocycles. The van der Waals surface area contributed by atoms with E-state index in [0.717, 1.165) is 10.8 Å². The Morgan fingerprint density at radius 2 is 2.32 bits per heavy atom. The van der Waals surface area contributed by atoms with Crippen molar-refractivity contribution in [2.24, 2.45) is 11.1 Å². The summed E-state index contributed by atoms with van der Waals surface area (Å²) in [6.45, 7) is 2.69. The van der Waals surface area contributed by atoms with Crippen LogP contribution in [0.5, 0.6) is 0 Å². The second-order valence-electron chi connectivity index (χ2n) is 5.27. The molecule has 1 saturated heterocycles. The largest absolute Gasteiger partial charge is 0.379 e. The van der Waals surface area contributed by atoms with Crippen molar-refractivity contribution in [3.05, 3.63) is 42.2 Å². The van der Waals surface area contributed by atoms with Gasteiger partial charge in [0.25, 0.3) is 0 Å². The first-order chi connectivity index (χ1) is 9.13. The zero-order valence-corrected chi connectivity index (χ0v) is 10.8. The van der Waals surface area contributed by atoms with Crippen molar-refractivity contribution in [2.75, 3.05) is 13.2 Å². The summed E-state index contributed by atoms with van der Waals surface area (Å²) >= 11 is 0. The molecule has 1 fully saturated rings. The van der Waals surface area contributed by atoms with Crippen LogP contribution in [0, 0.1) is 5.41 Å². The van der Waals surface area contributed by atoms with E-state index in [1.807, 2.05) is 31.2 Å². The molecule has 98 valence electrons. The molecule has 0 spiro atoms. The fourth-order valence-corrected chi connectivity index (χ4v) is 2.54. The Bertz CT molecular complexity index is 636. The Morgan fingerprint density at radius 1 is 1.47 bits per heavy atom. The summed E-state index contributed by atoms with van der Waals surface area (Å²) in [7, 11) is 0. The minimum Gasteiger partial charge on any atom is -0.379 e. The normalized spacial score (nSPS) is 26.7. The van der Waals surface area contributed by atoms with Gasteiger partial charge in [0.1, 0.15) is 0 Å². The molecule has 0 aliphatic carbocycles. The van der Waals surface area contributed by atoms with Crippen LogP contribution < -0.4 is 5.73 Å².